The minimum Gasteiger partial charge on any atom is -0.310 e. The molecule has 1 N–H and O–H groups in total. The molecule has 0 heterocycles. The van der Waals surface area contributed by atoms with Crippen LogP contribution in [0.4, 0.5) is 8.78 Å². The van der Waals surface area contributed by atoms with Crippen LogP contribution in [0.3, 0.4) is 0 Å². The molecule has 19 heavy (non-hydrogen) atoms. The normalized spacial score (nSPS) is 22.3. The summed E-state index contributed by atoms with van der Waals surface area (Å²) in [4.78, 5) is 0. The Morgan fingerprint density at radius 3 is 2.47 bits per heavy atom. The number of benzene rings is 1. The highest BCUT2D eigenvalue weighted by Gasteiger charge is 2.50. The molecule has 0 amide bonds. The summed E-state index contributed by atoms with van der Waals surface area (Å²) in [6, 6.07) is 2.67. The Labute approximate surface area is 114 Å². The first-order valence-corrected chi connectivity index (χ1v) is 7.05. The lowest BCUT2D eigenvalue weighted by Gasteiger charge is -2.22. The van der Waals surface area contributed by atoms with Crippen molar-refractivity contribution in [2.45, 2.75) is 46.6 Å². The van der Waals surface area contributed by atoms with Gasteiger partial charge in [-0.15, -0.1) is 0 Å². The van der Waals surface area contributed by atoms with Crippen molar-refractivity contribution in [1.29, 1.82) is 0 Å². The molecule has 1 aliphatic carbocycles. The molecule has 2 atom stereocenters. The van der Waals surface area contributed by atoms with Gasteiger partial charge in [0.1, 0.15) is 11.6 Å². The lowest BCUT2D eigenvalue weighted by molar-refractivity contribution is 0.401. The largest absolute Gasteiger partial charge is 0.310 e. The van der Waals surface area contributed by atoms with Crippen LogP contribution in [0.15, 0.2) is 12.1 Å². The van der Waals surface area contributed by atoms with E-state index in [1.54, 1.807) is 13.0 Å². The molecule has 1 fully saturated rings. The molecule has 1 nitrogen and oxygen atoms in total. The van der Waals surface area contributed by atoms with Gasteiger partial charge in [-0.2, -0.15) is 0 Å². The van der Waals surface area contributed by atoms with Crippen LogP contribution in [0.2, 0.25) is 0 Å². The van der Waals surface area contributed by atoms with Crippen LogP contribution in [0.1, 0.15) is 50.8 Å². The molecular formula is C16H23F2N. The van der Waals surface area contributed by atoms with E-state index in [2.05, 4.69) is 26.1 Å². The van der Waals surface area contributed by atoms with Crippen molar-refractivity contribution in [1.82, 2.24) is 5.32 Å². The predicted molar refractivity (Wildman–Crippen MR) is 74.0 cm³/mol. The summed E-state index contributed by atoms with van der Waals surface area (Å²) in [7, 11) is 0. The number of nitrogens with one attached hydrogen (secondary N) is 1. The summed E-state index contributed by atoms with van der Waals surface area (Å²) < 4.78 is 27.5. The SMILES string of the molecule is CCCNC(c1cc(C)c(F)cc1F)C1CC1(C)C. The first kappa shape index (κ1) is 14.4. The molecule has 0 radical (unpaired) electrons. The predicted octanol–water partition coefficient (Wildman–Crippen LogP) is 4.36. The fourth-order valence-corrected chi connectivity index (χ4v) is 2.76. The molecule has 0 bridgehead atoms. The van der Waals surface area contributed by atoms with Crippen LogP contribution in [0, 0.1) is 29.9 Å². The summed E-state index contributed by atoms with van der Waals surface area (Å²) in [6.45, 7) is 9.04. The molecule has 0 saturated heterocycles. The van der Waals surface area contributed by atoms with Crippen molar-refractivity contribution >= 4 is 0 Å². The van der Waals surface area contributed by atoms with Crippen molar-refractivity contribution in [2.75, 3.05) is 6.54 Å². The maximum atomic E-state index is 14.1. The maximum absolute atomic E-state index is 14.1. The van der Waals surface area contributed by atoms with E-state index in [0.717, 1.165) is 25.5 Å². The Balaban J connectivity index is 2.30. The van der Waals surface area contributed by atoms with Crippen LogP contribution in [0.25, 0.3) is 0 Å². The highest BCUT2D eigenvalue weighted by atomic mass is 19.1. The number of rotatable bonds is 5. The number of aryl methyl sites for hydroxylation is 1. The number of hydrogen-bond donors (Lipinski definition) is 1. The van der Waals surface area contributed by atoms with E-state index in [0.29, 0.717) is 17.0 Å². The van der Waals surface area contributed by atoms with Gasteiger partial charge in [0.25, 0.3) is 0 Å². The first-order chi connectivity index (χ1) is 8.86. The van der Waals surface area contributed by atoms with Crippen molar-refractivity contribution in [3.63, 3.8) is 0 Å². The fraction of sp³-hybridized carbons (Fsp3) is 0.625. The minimum atomic E-state index is -0.467. The van der Waals surface area contributed by atoms with Crippen molar-refractivity contribution < 1.29 is 8.78 Å². The second-order valence-electron chi connectivity index (χ2n) is 6.35. The second kappa shape index (κ2) is 5.20. The van der Waals surface area contributed by atoms with Crippen LogP contribution < -0.4 is 5.32 Å². The molecule has 2 rings (SSSR count). The molecule has 0 aliphatic heterocycles. The van der Waals surface area contributed by atoms with Crippen molar-refractivity contribution in [3.05, 3.63) is 34.9 Å². The molecule has 0 aromatic heterocycles. The molecular weight excluding hydrogens is 244 g/mol. The average Bonchev–Trinajstić information content (AvgIpc) is 2.95. The second-order valence-corrected chi connectivity index (χ2v) is 6.35. The Morgan fingerprint density at radius 2 is 1.95 bits per heavy atom. The lowest BCUT2D eigenvalue weighted by Crippen LogP contribution is -2.26. The molecule has 2 unspecified atom stereocenters. The van der Waals surface area contributed by atoms with Gasteiger partial charge in [-0.05, 0) is 49.3 Å². The average molecular weight is 267 g/mol. The van der Waals surface area contributed by atoms with Gasteiger partial charge in [0.2, 0.25) is 0 Å². The van der Waals surface area contributed by atoms with Crippen LogP contribution in [-0.2, 0) is 0 Å². The maximum Gasteiger partial charge on any atom is 0.130 e. The van der Waals surface area contributed by atoms with Gasteiger partial charge in [0, 0.05) is 17.7 Å². The zero-order valence-electron chi connectivity index (χ0n) is 12.2. The molecule has 0 spiro atoms. The minimum absolute atomic E-state index is 0.00532. The van der Waals surface area contributed by atoms with Gasteiger partial charge in [-0.1, -0.05) is 20.8 Å². The Kier molecular flexibility index (Phi) is 3.95. The zero-order valence-corrected chi connectivity index (χ0v) is 12.2. The monoisotopic (exact) mass is 267 g/mol. The molecule has 1 aromatic carbocycles. The quantitative estimate of drug-likeness (QED) is 0.835. The van der Waals surface area contributed by atoms with Crippen LogP contribution >= 0.6 is 0 Å². The highest BCUT2D eigenvalue weighted by molar-refractivity contribution is 5.30. The van der Waals surface area contributed by atoms with Crippen molar-refractivity contribution in [3.8, 4) is 0 Å². The van der Waals surface area contributed by atoms with Gasteiger partial charge in [-0.25, -0.2) is 8.78 Å². The summed E-state index contributed by atoms with van der Waals surface area (Å²) in [5, 5.41) is 3.43. The van der Waals surface area contributed by atoms with E-state index >= 15 is 0 Å². The van der Waals surface area contributed by atoms with E-state index in [-0.39, 0.29) is 11.5 Å². The van der Waals surface area contributed by atoms with E-state index in [1.165, 1.54) is 0 Å². The third-order valence-electron chi connectivity index (χ3n) is 4.22. The summed E-state index contributed by atoms with van der Waals surface area (Å²) in [5.74, 6) is -0.469. The van der Waals surface area contributed by atoms with E-state index in [1.807, 2.05) is 0 Å². The zero-order chi connectivity index (χ0) is 14.2. The van der Waals surface area contributed by atoms with E-state index in [9.17, 15) is 8.78 Å². The summed E-state index contributed by atoms with van der Waals surface area (Å²) in [6.07, 6.45) is 2.09. The van der Waals surface area contributed by atoms with E-state index < -0.39 is 11.6 Å². The molecule has 1 saturated carbocycles. The Morgan fingerprint density at radius 1 is 1.32 bits per heavy atom. The standard InChI is InChI=1S/C16H23F2N/c1-5-6-19-15(12-9-16(12,3)4)11-7-10(2)13(17)8-14(11)18/h7-8,12,15,19H,5-6,9H2,1-4H3. The highest BCUT2D eigenvalue weighted by Crippen LogP contribution is 2.58. The Hall–Kier alpha value is -0.960. The fourth-order valence-electron chi connectivity index (χ4n) is 2.76. The van der Waals surface area contributed by atoms with Crippen LogP contribution in [-0.4, -0.2) is 6.54 Å². The molecule has 3 heteroatoms. The van der Waals surface area contributed by atoms with Gasteiger partial charge in [0.05, 0.1) is 0 Å². The lowest BCUT2D eigenvalue weighted by atomic mass is 9.95. The van der Waals surface area contributed by atoms with Crippen molar-refractivity contribution in [2.24, 2.45) is 11.3 Å². The van der Waals surface area contributed by atoms with Gasteiger partial charge in [-0.3, -0.25) is 0 Å². The number of halogens is 2. The molecule has 1 aromatic rings. The van der Waals surface area contributed by atoms with E-state index in [4.69, 9.17) is 0 Å². The molecule has 106 valence electrons. The smallest absolute Gasteiger partial charge is 0.130 e. The van der Waals surface area contributed by atoms with Gasteiger partial charge in [0.15, 0.2) is 0 Å². The third kappa shape index (κ3) is 2.97. The molecule has 1 aliphatic rings. The van der Waals surface area contributed by atoms with Gasteiger partial charge >= 0.3 is 0 Å². The number of hydrogen-bond acceptors (Lipinski definition) is 1. The first-order valence-electron chi connectivity index (χ1n) is 7.05. The summed E-state index contributed by atoms with van der Waals surface area (Å²) in [5.41, 5.74) is 1.38. The summed E-state index contributed by atoms with van der Waals surface area (Å²) >= 11 is 0. The topological polar surface area (TPSA) is 12.0 Å². The Bertz CT molecular complexity index is 468. The third-order valence-corrected chi connectivity index (χ3v) is 4.22. The van der Waals surface area contributed by atoms with Crippen LogP contribution in [0.5, 0.6) is 0 Å². The van der Waals surface area contributed by atoms with Gasteiger partial charge < -0.3 is 5.32 Å².